The number of halogens is 1. The largest absolute Gasteiger partial charge is 0.344 e. The number of anilines is 2. The van der Waals surface area contributed by atoms with Crippen LogP contribution in [0.3, 0.4) is 0 Å². The van der Waals surface area contributed by atoms with E-state index in [1.165, 1.54) is 23.1 Å². The smallest absolute Gasteiger partial charge is 0.325 e. The third kappa shape index (κ3) is 3.79. The monoisotopic (exact) mass is 322 g/mol. The lowest BCUT2D eigenvalue weighted by Crippen LogP contribution is -2.21. The number of nitrogens with one attached hydrogen (secondary N) is 2. The Morgan fingerprint density at radius 2 is 2.00 bits per heavy atom. The maximum absolute atomic E-state index is 13.0. The molecule has 0 aliphatic rings. The molecule has 116 valence electrons. The Hall–Kier alpha value is -2.48. The second-order valence-electron chi connectivity index (χ2n) is 4.72. The molecule has 6 nitrogen and oxygen atoms in total. The number of rotatable bonds is 3. The summed E-state index contributed by atoms with van der Waals surface area (Å²) in [6.45, 7) is 1.70. The van der Waals surface area contributed by atoms with E-state index in [0.717, 1.165) is 11.3 Å². The molecule has 1 aromatic heterocycles. The molecule has 2 N–H and O–H groups in total. The minimum absolute atomic E-state index is 0.173. The Labute approximate surface area is 131 Å². The van der Waals surface area contributed by atoms with E-state index >= 15 is 0 Å². The average molecular weight is 322 g/mol. The zero-order chi connectivity index (χ0) is 16.3. The van der Waals surface area contributed by atoms with Crippen LogP contribution in [0.2, 0.25) is 0 Å². The number of amides is 3. The first-order valence-electron chi connectivity index (χ1n) is 6.39. The minimum atomic E-state index is -0.553. The Morgan fingerprint density at radius 1 is 1.27 bits per heavy atom. The first-order valence-corrected chi connectivity index (χ1v) is 7.21. The highest BCUT2D eigenvalue weighted by Crippen LogP contribution is 2.23. The van der Waals surface area contributed by atoms with Gasteiger partial charge in [-0.15, -0.1) is 0 Å². The summed E-state index contributed by atoms with van der Waals surface area (Å²) < 4.78 is 13.0. The first kappa shape index (κ1) is 15.9. The van der Waals surface area contributed by atoms with Gasteiger partial charge in [0.15, 0.2) is 5.13 Å². The van der Waals surface area contributed by atoms with Crippen LogP contribution >= 0.6 is 11.3 Å². The van der Waals surface area contributed by atoms with Crippen molar-refractivity contribution >= 4 is 34.1 Å². The van der Waals surface area contributed by atoms with E-state index in [2.05, 4.69) is 15.6 Å². The van der Waals surface area contributed by atoms with Gasteiger partial charge in [-0.05, 0) is 25.1 Å². The standard InChI is InChI=1S/C14H15FN4O2S/c1-8-11(12(20)19(2)3)22-14(16-8)18-13(21)17-10-6-4-5-9(15)7-10/h4-7H,1-3H3,(H2,16,17,18,21). The molecule has 0 saturated heterocycles. The molecule has 0 aliphatic carbocycles. The van der Waals surface area contributed by atoms with Crippen molar-refractivity contribution in [3.8, 4) is 0 Å². The Balaban J connectivity index is 2.06. The Kier molecular flexibility index (Phi) is 4.71. The van der Waals surface area contributed by atoms with Gasteiger partial charge in [-0.2, -0.15) is 0 Å². The molecule has 8 heteroatoms. The lowest BCUT2D eigenvalue weighted by atomic mass is 10.3. The summed E-state index contributed by atoms with van der Waals surface area (Å²) in [6, 6.07) is 4.99. The zero-order valence-corrected chi connectivity index (χ0v) is 13.1. The van der Waals surface area contributed by atoms with Crippen molar-refractivity contribution in [2.24, 2.45) is 0 Å². The van der Waals surface area contributed by atoms with Gasteiger partial charge in [-0.3, -0.25) is 10.1 Å². The SMILES string of the molecule is Cc1nc(NC(=O)Nc2cccc(F)c2)sc1C(=O)N(C)C. The Morgan fingerprint density at radius 3 is 2.64 bits per heavy atom. The number of aromatic nitrogens is 1. The summed E-state index contributed by atoms with van der Waals surface area (Å²) in [6.07, 6.45) is 0. The molecule has 1 aromatic carbocycles. The zero-order valence-electron chi connectivity index (χ0n) is 12.3. The average Bonchev–Trinajstić information content (AvgIpc) is 2.78. The molecule has 0 fully saturated rings. The maximum atomic E-state index is 13.0. The third-order valence-corrected chi connectivity index (χ3v) is 3.76. The number of urea groups is 1. The summed E-state index contributed by atoms with van der Waals surface area (Å²) in [5.74, 6) is -0.615. The molecular weight excluding hydrogens is 307 g/mol. The Bertz CT molecular complexity index is 715. The number of benzene rings is 1. The van der Waals surface area contributed by atoms with Crippen molar-refractivity contribution in [3.05, 3.63) is 40.7 Å². The summed E-state index contributed by atoms with van der Waals surface area (Å²) >= 11 is 1.09. The molecule has 0 saturated carbocycles. The van der Waals surface area contributed by atoms with Crippen LogP contribution in [-0.2, 0) is 0 Å². The molecule has 2 aromatic rings. The summed E-state index contributed by atoms with van der Waals surface area (Å²) in [7, 11) is 3.29. The van der Waals surface area contributed by atoms with Crippen molar-refractivity contribution in [3.63, 3.8) is 0 Å². The van der Waals surface area contributed by atoms with Crippen molar-refractivity contribution in [1.82, 2.24) is 9.88 Å². The molecule has 1 heterocycles. The van der Waals surface area contributed by atoms with E-state index in [1.54, 1.807) is 27.1 Å². The fraction of sp³-hybridized carbons (Fsp3) is 0.214. The van der Waals surface area contributed by atoms with Gasteiger partial charge in [0.05, 0.1) is 5.69 Å². The number of hydrogen-bond acceptors (Lipinski definition) is 4. The lowest BCUT2D eigenvalue weighted by molar-refractivity contribution is 0.0831. The van der Waals surface area contributed by atoms with Gasteiger partial charge in [0, 0.05) is 19.8 Å². The van der Waals surface area contributed by atoms with Gasteiger partial charge in [0.2, 0.25) is 0 Å². The number of aryl methyl sites for hydroxylation is 1. The second kappa shape index (κ2) is 6.52. The molecule has 2 rings (SSSR count). The topological polar surface area (TPSA) is 74.3 Å². The van der Waals surface area contributed by atoms with Gasteiger partial charge in [0.1, 0.15) is 10.7 Å². The molecule has 22 heavy (non-hydrogen) atoms. The van der Waals surface area contributed by atoms with Crippen LogP contribution < -0.4 is 10.6 Å². The van der Waals surface area contributed by atoms with Crippen molar-refractivity contribution in [2.45, 2.75) is 6.92 Å². The van der Waals surface area contributed by atoms with Crippen LogP contribution in [0.5, 0.6) is 0 Å². The van der Waals surface area contributed by atoms with E-state index in [4.69, 9.17) is 0 Å². The molecule has 0 atom stereocenters. The molecule has 3 amide bonds. The normalized spacial score (nSPS) is 10.2. The number of carbonyl (C=O) groups is 2. The predicted molar refractivity (Wildman–Crippen MR) is 83.9 cm³/mol. The molecule has 0 aliphatic heterocycles. The minimum Gasteiger partial charge on any atom is -0.344 e. The van der Waals surface area contributed by atoms with Gasteiger partial charge in [-0.1, -0.05) is 17.4 Å². The summed E-state index contributed by atoms with van der Waals surface area (Å²) in [5, 5.41) is 5.32. The van der Waals surface area contributed by atoms with Gasteiger partial charge in [-0.25, -0.2) is 14.2 Å². The molecule has 0 bridgehead atoms. The fourth-order valence-corrected chi connectivity index (χ4v) is 2.66. The van der Waals surface area contributed by atoms with E-state index in [1.807, 2.05) is 0 Å². The molecule has 0 spiro atoms. The maximum Gasteiger partial charge on any atom is 0.325 e. The van der Waals surface area contributed by atoms with Crippen LogP contribution in [0.15, 0.2) is 24.3 Å². The van der Waals surface area contributed by atoms with Crippen LogP contribution in [0.1, 0.15) is 15.4 Å². The van der Waals surface area contributed by atoms with Crippen LogP contribution in [0, 0.1) is 12.7 Å². The molecule has 0 radical (unpaired) electrons. The second-order valence-corrected chi connectivity index (χ2v) is 5.72. The highest BCUT2D eigenvalue weighted by molar-refractivity contribution is 7.17. The van der Waals surface area contributed by atoms with Crippen LogP contribution in [0.25, 0.3) is 0 Å². The van der Waals surface area contributed by atoms with Crippen LogP contribution in [0.4, 0.5) is 20.0 Å². The first-order chi connectivity index (χ1) is 10.4. The van der Waals surface area contributed by atoms with Gasteiger partial charge < -0.3 is 10.2 Å². The van der Waals surface area contributed by atoms with E-state index in [0.29, 0.717) is 21.4 Å². The van der Waals surface area contributed by atoms with Gasteiger partial charge >= 0.3 is 6.03 Å². The molecular formula is C14H15FN4O2S. The van der Waals surface area contributed by atoms with E-state index in [-0.39, 0.29) is 5.91 Å². The quantitative estimate of drug-likeness (QED) is 0.912. The van der Waals surface area contributed by atoms with Crippen LogP contribution in [-0.4, -0.2) is 35.9 Å². The third-order valence-electron chi connectivity index (χ3n) is 2.70. The number of nitrogens with zero attached hydrogens (tertiary/aromatic N) is 2. The van der Waals surface area contributed by atoms with Crippen molar-refractivity contribution in [2.75, 3.05) is 24.7 Å². The molecule has 0 unspecified atom stereocenters. The summed E-state index contributed by atoms with van der Waals surface area (Å²) in [5.41, 5.74) is 0.875. The van der Waals surface area contributed by atoms with Gasteiger partial charge in [0.25, 0.3) is 5.91 Å². The lowest BCUT2D eigenvalue weighted by Gasteiger charge is -2.07. The van der Waals surface area contributed by atoms with E-state index in [9.17, 15) is 14.0 Å². The predicted octanol–water partition coefficient (Wildman–Crippen LogP) is 2.94. The fourth-order valence-electron chi connectivity index (χ4n) is 1.68. The highest BCUT2D eigenvalue weighted by atomic mass is 32.1. The van der Waals surface area contributed by atoms with Crippen molar-refractivity contribution < 1.29 is 14.0 Å². The number of carbonyl (C=O) groups excluding carboxylic acids is 2. The highest BCUT2D eigenvalue weighted by Gasteiger charge is 2.17. The van der Waals surface area contributed by atoms with E-state index < -0.39 is 11.8 Å². The summed E-state index contributed by atoms with van der Waals surface area (Å²) in [4.78, 5) is 29.8. The number of hydrogen-bond donors (Lipinski definition) is 2. The number of thiazole rings is 1. The van der Waals surface area contributed by atoms with Crippen molar-refractivity contribution in [1.29, 1.82) is 0 Å².